The molecule has 0 heterocycles. The van der Waals surface area contributed by atoms with E-state index in [0.717, 1.165) is 17.0 Å². The molecule has 2 N–H and O–H groups in total. The highest BCUT2D eigenvalue weighted by atomic mass is 16.5. The van der Waals surface area contributed by atoms with E-state index in [1.54, 1.807) is 19.2 Å². The molecule has 100 valence electrons. The lowest BCUT2D eigenvalue weighted by atomic mass is 10.2. The summed E-state index contributed by atoms with van der Waals surface area (Å²) >= 11 is 0. The second-order valence-electron chi connectivity index (χ2n) is 4.09. The molecule has 2 rings (SSSR count). The highest BCUT2D eigenvalue weighted by Crippen LogP contribution is 2.26. The number of methoxy groups -OCH3 is 2. The Morgan fingerprint density at radius 3 is 2.32 bits per heavy atom. The summed E-state index contributed by atoms with van der Waals surface area (Å²) in [5.74, 6) is 1.46. The van der Waals surface area contributed by atoms with Gasteiger partial charge >= 0.3 is 0 Å². The fourth-order valence-electron chi connectivity index (χ4n) is 1.76. The summed E-state index contributed by atoms with van der Waals surface area (Å²) in [4.78, 5) is 0. The summed E-state index contributed by atoms with van der Waals surface area (Å²) < 4.78 is 10.1. The monoisotopic (exact) mass is 259 g/mol. The van der Waals surface area contributed by atoms with Gasteiger partial charge in [0.05, 0.1) is 14.2 Å². The van der Waals surface area contributed by atoms with Crippen LogP contribution in [0.2, 0.25) is 0 Å². The Labute approximate surface area is 112 Å². The second-order valence-corrected chi connectivity index (χ2v) is 4.09. The van der Waals surface area contributed by atoms with Gasteiger partial charge in [-0.25, -0.2) is 0 Å². The Balaban J connectivity index is 1.99. The molecule has 0 saturated heterocycles. The molecule has 0 atom stereocenters. The molecular weight excluding hydrogens is 242 g/mol. The molecule has 0 aliphatic rings. The van der Waals surface area contributed by atoms with E-state index in [1.165, 1.54) is 7.11 Å². The van der Waals surface area contributed by atoms with Crippen LogP contribution >= 0.6 is 0 Å². The number of anilines is 1. The van der Waals surface area contributed by atoms with Crippen molar-refractivity contribution in [3.63, 3.8) is 0 Å². The second kappa shape index (κ2) is 6.00. The van der Waals surface area contributed by atoms with Gasteiger partial charge in [-0.2, -0.15) is 0 Å². The van der Waals surface area contributed by atoms with Gasteiger partial charge in [0, 0.05) is 12.2 Å². The molecule has 0 saturated carbocycles. The Morgan fingerprint density at radius 2 is 1.74 bits per heavy atom. The number of hydrogen-bond donors (Lipinski definition) is 2. The van der Waals surface area contributed by atoms with Gasteiger partial charge in [-0.15, -0.1) is 0 Å². The maximum Gasteiger partial charge on any atom is 0.160 e. The molecule has 0 amide bonds. The molecule has 0 aliphatic heterocycles. The van der Waals surface area contributed by atoms with Gasteiger partial charge in [0.25, 0.3) is 0 Å². The van der Waals surface area contributed by atoms with Gasteiger partial charge in [0.1, 0.15) is 5.75 Å². The number of hydrogen-bond acceptors (Lipinski definition) is 4. The van der Waals surface area contributed by atoms with E-state index in [4.69, 9.17) is 9.47 Å². The van der Waals surface area contributed by atoms with Gasteiger partial charge in [0.15, 0.2) is 11.5 Å². The lowest BCUT2D eigenvalue weighted by Gasteiger charge is -2.09. The Hall–Kier alpha value is -2.36. The summed E-state index contributed by atoms with van der Waals surface area (Å²) in [5.41, 5.74) is 1.98. The fraction of sp³-hybridized carbons (Fsp3) is 0.200. The first-order valence-corrected chi connectivity index (χ1v) is 5.96. The maximum atomic E-state index is 9.69. The van der Waals surface area contributed by atoms with Gasteiger partial charge in [0.2, 0.25) is 0 Å². The Bertz CT molecular complexity index is 538. The van der Waals surface area contributed by atoms with E-state index in [1.807, 2.05) is 30.3 Å². The molecule has 0 radical (unpaired) electrons. The first-order valence-electron chi connectivity index (χ1n) is 5.96. The largest absolute Gasteiger partial charge is 0.504 e. The van der Waals surface area contributed by atoms with Gasteiger partial charge in [-0.1, -0.05) is 6.07 Å². The molecule has 4 nitrogen and oxygen atoms in total. The van der Waals surface area contributed by atoms with Crippen LogP contribution in [0.3, 0.4) is 0 Å². The van der Waals surface area contributed by atoms with Crippen LogP contribution in [0.5, 0.6) is 17.2 Å². The molecule has 2 aromatic rings. The first-order chi connectivity index (χ1) is 9.22. The molecule has 0 aliphatic carbocycles. The highest BCUT2D eigenvalue weighted by Gasteiger charge is 2.02. The van der Waals surface area contributed by atoms with E-state index < -0.39 is 0 Å². The minimum absolute atomic E-state index is 0.150. The quantitative estimate of drug-likeness (QED) is 0.866. The Kier molecular flexibility index (Phi) is 4.13. The predicted octanol–water partition coefficient (Wildman–Crippen LogP) is 3.02. The number of benzene rings is 2. The van der Waals surface area contributed by atoms with Gasteiger partial charge < -0.3 is 19.9 Å². The first kappa shape index (κ1) is 13.1. The van der Waals surface area contributed by atoms with E-state index in [9.17, 15) is 5.11 Å². The minimum Gasteiger partial charge on any atom is -0.504 e. The van der Waals surface area contributed by atoms with Crippen LogP contribution in [-0.2, 0) is 6.54 Å². The zero-order chi connectivity index (χ0) is 13.7. The van der Waals surface area contributed by atoms with Crippen molar-refractivity contribution in [2.75, 3.05) is 19.5 Å². The van der Waals surface area contributed by atoms with Crippen LogP contribution in [0.4, 0.5) is 5.69 Å². The van der Waals surface area contributed by atoms with Crippen molar-refractivity contribution in [2.45, 2.75) is 6.54 Å². The van der Waals surface area contributed by atoms with E-state index in [0.29, 0.717) is 12.3 Å². The number of phenols is 1. The van der Waals surface area contributed by atoms with Crippen LogP contribution in [0.25, 0.3) is 0 Å². The SMILES string of the molecule is COc1ccc(NCc2ccc(OC)c(O)c2)cc1. The van der Waals surface area contributed by atoms with Crippen molar-refractivity contribution in [3.05, 3.63) is 48.0 Å². The number of phenolic OH excluding ortho intramolecular Hbond substituents is 1. The van der Waals surface area contributed by atoms with Crippen LogP contribution in [-0.4, -0.2) is 19.3 Å². The van der Waals surface area contributed by atoms with Crippen LogP contribution in [0, 0.1) is 0 Å². The summed E-state index contributed by atoms with van der Waals surface area (Å²) in [6, 6.07) is 13.0. The molecule has 0 fully saturated rings. The van der Waals surface area contributed by atoms with E-state index in [2.05, 4.69) is 5.32 Å². The third kappa shape index (κ3) is 3.31. The number of rotatable bonds is 5. The van der Waals surface area contributed by atoms with Crippen molar-refractivity contribution in [3.8, 4) is 17.2 Å². The Morgan fingerprint density at radius 1 is 1.00 bits per heavy atom. The molecule has 4 heteroatoms. The third-order valence-electron chi connectivity index (χ3n) is 2.83. The molecule has 0 spiro atoms. The van der Waals surface area contributed by atoms with Crippen molar-refractivity contribution in [2.24, 2.45) is 0 Å². The summed E-state index contributed by atoms with van der Waals surface area (Å²) in [5, 5.41) is 13.0. The van der Waals surface area contributed by atoms with E-state index in [-0.39, 0.29) is 5.75 Å². The normalized spacial score (nSPS) is 10.0. The summed E-state index contributed by atoms with van der Waals surface area (Å²) in [6.07, 6.45) is 0. The summed E-state index contributed by atoms with van der Waals surface area (Å²) in [7, 11) is 3.17. The average Bonchev–Trinajstić information content (AvgIpc) is 2.46. The minimum atomic E-state index is 0.150. The standard InChI is InChI=1S/C15H17NO3/c1-18-13-6-4-12(5-7-13)16-10-11-3-8-15(19-2)14(17)9-11/h3-9,16-17H,10H2,1-2H3. The number of nitrogens with one attached hydrogen (secondary N) is 1. The predicted molar refractivity (Wildman–Crippen MR) is 75.0 cm³/mol. The van der Waals surface area contributed by atoms with Crippen molar-refractivity contribution >= 4 is 5.69 Å². The number of aromatic hydroxyl groups is 1. The van der Waals surface area contributed by atoms with Crippen molar-refractivity contribution in [1.29, 1.82) is 0 Å². The smallest absolute Gasteiger partial charge is 0.160 e. The molecule has 0 aromatic heterocycles. The third-order valence-corrected chi connectivity index (χ3v) is 2.83. The van der Waals surface area contributed by atoms with Gasteiger partial charge in [-0.05, 0) is 42.0 Å². The van der Waals surface area contributed by atoms with Crippen molar-refractivity contribution in [1.82, 2.24) is 0 Å². The van der Waals surface area contributed by atoms with Crippen molar-refractivity contribution < 1.29 is 14.6 Å². The van der Waals surface area contributed by atoms with Crippen LogP contribution in [0.15, 0.2) is 42.5 Å². The maximum absolute atomic E-state index is 9.69. The summed E-state index contributed by atoms with van der Waals surface area (Å²) in [6.45, 7) is 0.629. The molecule has 19 heavy (non-hydrogen) atoms. The van der Waals surface area contributed by atoms with Crippen LogP contribution < -0.4 is 14.8 Å². The van der Waals surface area contributed by atoms with Crippen LogP contribution in [0.1, 0.15) is 5.56 Å². The molecule has 0 unspecified atom stereocenters. The average molecular weight is 259 g/mol. The number of ether oxygens (including phenoxy) is 2. The zero-order valence-electron chi connectivity index (χ0n) is 11.0. The fourth-order valence-corrected chi connectivity index (χ4v) is 1.76. The van der Waals surface area contributed by atoms with Gasteiger partial charge in [-0.3, -0.25) is 0 Å². The lowest BCUT2D eigenvalue weighted by molar-refractivity contribution is 0.373. The molecular formula is C15H17NO3. The zero-order valence-corrected chi connectivity index (χ0v) is 11.0. The lowest BCUT2D eigenvalue weighted by Crippen LogP contribution is -1.99. The molecule has 2 aromatic carbocycles. The topological polar surface area (TPSA) is 50.7 Å². The molecule has 0 bridgehead atoms. The van der Waals surface area contributed by atoms with E-state index >= 15 is 0 Å². The highest BCUT2D eigenvalue weighted by molar-refractivity contribution is 5.48.